The molecule has 3 heteroatoms. The first kappa shape index (κ1) is 13.9. The zero-order valence-electron chi connectivity index (χ0n) is 12.7. The van der Waals surface area contributed by atoms with E-state index in [1.165, 1.54) is 41.1 Å². The van der Waals surface area contributed by atoms with Crippen LogP contribution in [0, 0.1) is 0 Å². The molecule has 112 valence electrons. The minimum Gasteiger partial charge on any atom is -0.323 e. The molecule has 1 aliphatic heterocycles. The second-order valence-electron chi connectivity index (χ2n) is 6.14. The number of para-hydroxylation sites is 1. The minimum atomic E-state index is 0.561. The average molecular weight is 309 g/mol. The van der Waals surface area contributed by atoms with Crippen LogP contribution in [0.3, 0.4) is 0 Å². The number of likely N-dealkylation sites (tertiary alicyclic amines) is 1. The van der Waals surface area contributed by atoms with Crippen molar-refractivity contribution in [2.75, 3.05) is 6.54 Å². The SMILES string of the molecule is c1ccc(C[NH+]2CCCC[C@H]2c2nc3ccccc3s2)cc1. The molecular weight excluding hydrogens is 288 g/mol. The molecule has 1 fully saturated rings. The van der Waals surface area contributed by atoms with E-state index in [0.29, 0.717) is 6.04 Å². The highest BCUT2D eigenvalue weighted by Gasteiger charge is 2.30. The standard InChI is InChI=1S/C19H20N2S/c1-2-8-15(9-3-1)14-21-13-7-6-11-17(21)19-20-16-10-4-5-12-18(16)22-19/h1-5,8-10,12,17H,6-7,11,13-14H2/p+1/t17-/m0/s1. The first-order chi connectivity index (χ1) is 10.9. The molecule has 0 bridgehead atoms. The Kier molecular flexibility index (Phi) is 3.92. The zero-order chi connectivity index (χ0) is 14.8. The van der Waals surface area contributed by atoms with Crippen LogP contribution >= 0.6 is 11.3 Å². The van der Waals surface area contributed by atoms with E-state index < -0.39 is 0 Å². The Morgan fingerprint density at radius 1 is 1.00 bits per heavy atom. The van der Waals surface area contributed by atoms with E-state index in [-0.39, 0.29) is 0 Å². The van der Waals surface area contributed by atoms with E-state index in [9.17, 15) is 0 Å². The second kappa shape index (κ2) is 6.19. The van der Waals surface area contributed by atoms with Crippen LogP contribution in [0.25, 0.3) is 10.2 Å². The summed E-state index contributed by atoms with van der Waals surface area (Å²) < 4.78 is 1.32. The number of fused-ring (bicyclic) bond motifs is 1. The Labute approximate surface area is 135 Å². The van der Waals surface area contributed by atoms with E-state index in [1.54, 1.807) is 4.90 Å². The highest BCUT2D eigenvalue weighted by molar-refractivity contribution is 7.18. The number of nitrogens with zero attached hydrogens (tertiary/aromatic N) is 1. The summed E-state index contributed by atoms with van der Waals surface area (Å²) in [5, 5.41) is 1.33. The molecular formula is C19H21N2S+. The lowest BCUT2D eigenvalue weighted by Gasteiger charge is -2.31. The van der Waals surface area contributed by atoms with Crippen molar-refractivity contribution in [1.29, 1.82) is 0 Å². The number of aromatic nitrogens is 1. The maximum atomic E-state index is 4.93. The molecule has 1 unspecified atom stereocenters. The van der Waals surface area contributed by atoms with Crippen LogP contribution in [0.4, 0.5) is 0 Å². The second-order valence-corrected chi connectivity index (χ2v) is 7.20. The molecule has 0 aliphatic carbocycles. The predicted octanol–water partition coefficient (Wildman–Crippen LogP) is 3.61. The average Bonchev–Trinajstić information content (AvgIpc) is 3.00. The van der Waals surface area contributed by atoms with Crippen molar-refractivity contribution in [1.82, 2.24) is 4.98 Å². The van der Waals surface area contributed by atoms with Crippen molar-refractivity contribution in [3.63, 3.8) is 0 Å². The van der Waals surface area contributed by atoms with E-state index in [4.69, 9.17) is 4.98 Å². The van der Waals surface area contributed by atoms with Crippen molar-refractivity contribution in [2.45, 2.75) is 31.8 Å². The van der Waals surface area contributed by atoms with Gasteiger partial charge in [-0.3, -0.25) is 0 Å². The smallest absolute Gasteiger partial charge is 0.151 e. The monoisotopic (exact) mass is 309 g/mol. The largest absolute Gasteiger partial charge is 0.323 e. The van der Waals surface area contributed by atoms with Crippen molar-refractivity contribution < 1.29 is 4.90 Å². The van der Waals surface area contributed by atoms with Gasteiger partial charge in [0.15, 0.2) is 5.01 Å². The normalized spacial score (nSPS) is 22.0. The van der Waals surface area contributed by atoms with E-state index in [2.05, 4.69) is 54.6 Å². The molecule has 4 rings (SSSR count). The number of nitrogens with one attached hydrogen (secondary N) is 1. The van der Waals surface area contributed by atoms with Gasteiger partial charge in [-0.2, -0.15) is 0 Å². The Morgan fingerprint density at radius 3 is 2.68 bits per heavy atom. The van der Waals surface area contributed by atoms with E-state index in [0.717, 1.165) is 12.1 Å². The van der Waals surface area contributed by atoms with Crippen molar-refractivity contribution >= 4 is 21.6 Å². The van der Waals surface area contributed by atoms with E-state index in [1.807, 2.05) is 11.3 Å². The molecule has 0 amide bonds. The maximum Gasteiger partial charge on any atom is 0.151 e. The lowest BCUT2D eigenvalue weighted by Crippen LogP contribution is -3.11. The molecule has 0 radical (unpaired) electrons. The third kappa shape index (κ3) is 2.79. The van der Waals surface area contributed by atoms with Crippen LogP contribution in [0.5, 0.6) is 0 Å². The number of hydrogen-bond donors (Lipinski definition) is 1. The molecule has 1 saturated heterocycles. The summed E-state index contributed by atoms with van der Waals surface area (Å²) >= 11 is 1.89. The van der Waals surface area contributed by atoms with Crippen LogP contribution in [-0.2, 0) is 6.54 Å². The third-order valence-electron chi connectivity index (χ3n) is 4.62. The van der Waals surface area contributed by atoms with Gasteiger partial charge in [-0.05, 0) is 25.0 Å². The molecule has 2 aromatic carbocycles. The number of piperidine rings is 1. The van der Waals surface area contributed by atoms with Gasteiger partial charge >= 0.3 is 0 Å². The Morgan fingerprint density at radius 2 is 1.82 bits per heavy atom. The molecule has 0 saturated carbocycles. The molecule has 3 aromatic rings. The van der Waals surface area contributed by atoms with Gasteiger partial charge in [-0.1, -0.05) is 42.5 Å². The fraction of sp³-hybridized carbons (Fsp3) is 0.316. The quantitative estimate of drug-likeness (QED) is 0.782. The van der Waals surface area contributed by atoms with Gasteiger partial charge in [-0.15, -0.1) is 11.3 Å². The summed E-state index contributed by atoms with van der Waals surface area (Å²) in [7, 11) is 0. The zero-order valence-corrected chi connectivity index (χ0v) is 13.5. The summed E-state index contributed by atoms with van der Waals surface area (Å²) in [6.07, 6.45) is 3.93. The summed E-state index contributed by atoms with van der Waals surface area (Å²) in [4.78, 5) is 6.60. The highest BCUT2D eigenvalue weighted by Crippen LogP contribution is 2.28. The van der Waals surface area contributed by atoms with Gasteiger partial charge in [0.25, 0.3) is 0 Å². The molecule has 2 nitrogen and oxygen atoms in total. The molecule has 2 heterocycles. The van der Waals surface area contributed by atoms with Crippen LogP contribution in [0.2, 0.25) is 0 Å². The molecule has 1 aromatic heterocycles. The van der Waals surface area contributed by atoms with Crippen LogP contribution in [0.15, 0.2) is 54.6 Å². The first-order valence-electron chi connectivity index (χ1n) is 8.14. The number of benzene rings is 2. The fourth-order valence-corrected chi connectivity index (χ4v) is 4.65. The van der Waals surface area contributed by atoms with Crippen molar-refractivity contribution in [2.24, 2.45) is 0 Å². The molecule has 2 atom stereocenters. The molecule has 1 aliphatic rings. The van der Waals surface area contributed by atoms with Crippen molar-refractivity contribution in [3.8, 4) is 0 Å². The van der Waals surface area contributed by atoms with Crippen molar-refractivity contribution in [3.05, 3.63) is 65.2 Å². The van der Waals surface area contributed by atoms with Crippen LogP contribution < -0.4 is 4.90 Å². The van der Waals surface area contributed by atoms with Gasteiger partial charge in [-0.25, -0.2) is 4.98 Å². The summed E-state index contributed by atoms with van der Waals surface area (Å²) in [5.74, 6) is 0. The molecule has 22 heavy (non-hydrogen) atoms. The van der Waals surface area contributed by atoms with Crippen LogP contribution in [0.1, 0.15) is 35.9 Å². The Bertz CT molecular complexity index is 717. The topological polar surface area (TPSA) is 17.3 Å². The van der Waals surface area contributed by atoms with Gasteiger partial charge < -0.3 is 4.90 Å². The predicted molar refractivity (Wildman–Crippen MR) is 92.2 cm³/mol. The maximum absolute atomic E-state index is 4.93. The number of hydrogen-bond acceptors (Lipinski definition) is 2. The minimum absolute atomic E-state index is 0.561. The van der Waals surface area contributed by atoms with Gasteiger partial charge in [0.05, 0.1) is 16.8 Å². The first-order valence-corrected chi connectivity index (χ1v) is 8.96. The summed E-state index contributed by atoms with van der Waals surface area (Å²) in [6.45, 7) is 2.37. The highest BCUT2D eigenvalue weighted by atomic mass is 32.1. The number of quaternary nitrogens is 1. The number of rotatable bonds is 3. The van der Waals surface area contributed by atoms with E-state index >= 15 is 0 Å². The molecule has 0 spiro atoms. The fourth-order valence-electron chi connectivity index (χ4n) is 3.49. The molecule has 1 N–H and O–H groups in total. The summed E-state index contributed by atoms with van der Waals surface area (Å²) in [5.41, 5.74) is 2.60. The van der Waals surface area contributed by atoms with Crippen LogP contribution in [-0.4, -0.2) is 11.5 Å². The Hall–Kier alpha value is -1.71. The van der Waals surface area contributed by atoms with Gasteiger partial charge in [0.1, 0.15) is 12.6 Å². The van der Waals surface area contributed by atoms with Gasteiger partial charge in [0.2, 0.25) is 0 Å². The third-order valence-corrected chi connectivity index (χ3v) is 5.77. The van der Waals surface area contributed by atoms with Gasteiger partial charge in [0, 0.05) is 12.0 Å². The summed E-state index contributed by atoms with van der Waals surface area (Å²) in [6, 6.07) is 20.0. The number of thiazole rings is 1. The lowest BCUT2D eigenvalue weighted by molar-refractivity contribution is -0.950. The Balaban J connectivity index is 1.62. The lowest BCUT2D eigenvalue weighted by atomic mass is 10.0.